The maximum Gasteiger partial charge on any atom is 0.222 e. The highest BCUT2D eigenvalue weighted by Gasteiger charge is 2.25. The van der Waals surface area contributed by atoms with Crippen molar-refractivity contribution in [2.45, 2.75) is 64.2 Å². The van der Waals surface area contributed by atoms with Crippen molar-refractivity contribution in [1.82, 2.24) is 9.80 Å². The first kappa shape index (κ1) is 19.9. The van der Waals surface area contributed by atoms with Crippen LogP contribution in [0.15, 0.2) is 30.3 Å². The number of unbranched alkanes of at least 4 members (excludes halogenated alkanes) is 1. The highest BCUT2D eigenvalue weighted by atomic mass is 16.2. The molecular weight excluding hydrogens is 336 g/mol. The fourth-order valence-electron chi connectivity index (χ4n) is 4.39. The molecule has 2 heterocycles. The number of carbonyl (C=O) groups is 2. The molecule has 4 heteroatoms. The summed E-state index contributed by atoms with van der Waals surface area (Å²) in [6, 6.07) is 10.5. The Bertz CT molecular complexity index is 596. The van der Waals surface area contributed by atoms with Crippen LogP contribution in [0.3, 0.4) is 0 Å². The predicted molar refractivity (Wildman–Crippen MR) is 108 cm³/mol. The number of hydrogen-bond acceptors (Lipinski definition) is 2. The highest BCUT2D eigenvalue weighted by Crippen LogP contribution is 2.23. The summed E-state index contributed by atoms with van der Waals surface area (Å²) in [6.45, 7) is 3.63. The van der Waals surface area contributed by atoms with Crippen LogP contribution in [-0.2, 0) is 16.0 Å². The molecular formula is C23H34N2O2. The van der Waals surface area contributed by atoms with Gasteiger partial charge in [0.05, 0.1) is 0 Å². The lowest BCUT2D eigenvalue weighted by Crippen LogP contribution is -2.40. The molecule has 27 heavy (non-hydrogen) atoms. The Morgan fingerprint density at radius 2 is 1.56 bits per heavy atom. The summed E-state index contributed by atoms with van der Waals surface area (Å²) in [6.07, 6.45) is 9.88. The third-order valence-electron chi connectivity index (χ3n) is 6.05. The Labute approximate surface area is 163 Å². The van der Waals surface area contributed by atoms with Crippen LogP contribution >= 0.6 is 0 Å². The first-order valence-electron chi connectivity index (χ1n) is 10.8. The van der Waals surface area contributed by atoms with E-state index in [1.54, 1.807) is 0 Å². The van der Waals surface area contributed by atoms with E-state index in [0.717, 1.165) is 77.5 Å². The summed E-state index contributed by atoms with van der Waals surface area (Å²) < 4.78 is 0. The lowest BCUT2D eigenvalue weighted by Gasteiger charge is -2.33. The standard InChI is InChI=1S/C23H34N2O2/c26-22(13-5-4-11-20-9-2-1-3-10-20)25-18-8-12-21(19-25)14-15-23(27)24-16-6-7-17-24/h1-3,9-10,21H,4-8,11-19H2. The van der Waals surface area contributed by atoms with Crippen LogP contribution in [0.4, 0.5) is 0 Å². The number of carbonyl (C=O) groups excluding carboxylic acids is 2. The molecule has 148 valence electrons. The number of amides is 2. The topological polar surface area (TPSA) is 40.6 Å². The summed E-state index contributed by atoms with van der Waals surface area (Å²) in [5, 5.41) is 0. The predicted octanol–water partition coefficient (Wildman–Crippen LogP) is 4.04. The Morgan fingerprint density at radius 1 is 0.852 bits per heavy atom. The van der Waals surface area contributed by atoms with Gasteiger partial charge in [0.2, 0.25) is 11.8 Å². The number of hydrogen-bond donors (Lipinski definition) is 0. The van der Waals surface area contributed by atoms with E-state index in [1.807, 2.05) is 11.0 Å². The van der Waals surface area contributed by atoms with E-state index in [9.17, 15) is 9.59 Å². The maximum absolute atomic E-state index is 12.6. The van der Waals surface area contributed by atoms with Crippen molar-refractivity contribution in [3.8, 4) is 0 Å². The number of nitrogens with zero attached hydrogens (tertiary/aromatic N) is 2. The zero-order valence-corrected chi connectivity index (χ0v) is 16.6. The minimum atomic E-state index is 0.304. The summed E-state index contributed by atoms with van der Waals surface area (Å²) >= 11 is 0. The van der Waals surface area contributed by atoms with Gasteiger partial charge in [0.25, 0.3) is 0 Å². The Hall–Kier alpha value is -1.84. The third kappa shape index (κ3) is 6.37. The second-order valence-electron chi connectivity index (χ2n) is 8.17. The van der Waals surface area contributed by atoms with Crippen molar-refractivity contribution in [2.24, 2.45) is 5.92 Å². The summed E-state index contributed by atoms with van der Waals surface area (Å²) in [4.78, 5) is 28.9. The van der Waals surface area contributed by atoms with Gasteiger partial charge in [0.15, 0.2) is 0 Å². The molecule has 4 nitrogen and oxygen atoms in total. The van der Waals surface area contributed by atoms with E-state index in [0.29, 0.717) is 30.6 Å². The molecule has 3 rings (SSSR count). The second kappa shape index (κ2) is 10.5. The van der Waals surface area contributed by atoms with E-state index in [2.05, 4.69) is 29.2 Å². The molecule has 0 radical (unpaired) electrons. The van der Waals surface area contributed by atoms with Crippen LogP contribution in [0.5, 0.6) is 0 Å². The first-order chi connectivity index (χ1) is 13.2. The largest absolute Gasteiger partial charge is 0.343 e. The quantitative estimate of drug-likeness (QED) is 0.648. The van der Waals surface area contributed by atoms with Gasteiger partial charge in [-0.3, -0.25) is 9.59 Å². The number of piperidine rings is 1. The van der Waals surface area contributed by atoms with Crippen LogP contribution in [0, 0.1) is 5.92 Å². The molecule has 1 aromatic rings. The van der Waals surface area contributed by atoms with E-state index < -0.39 is 0 Å². The van der Waals surface area contributed by atoms with Crippen LogP contribution in [0.2, 0.25) is 0 Å². The highest BCUT2D eigenvalue weighted by molar-refractivity contribution is 5.77. The van der Waals surface area contributed by atoms with Gasteiger partial charge in [-0.05, 0) is 62.8 Å². The number of rotatable bonds is 8. The van der Waals surface area contributed by atoms with Crippen molar-refractivity contribution in [3.63, 3.8) is 0 Å². The molecule has 0 saturated carbocycles. The molecule has 1 unspecified atom stereocenters. The number of aryl methyl sites for hydroxylation is 1. The van der Waals surface area contributed by atoms with Gasteiger partial charge in [-0.15, -0.1) is 0 Å². The molecule has 2 aliphatic heterocycles. The van der Waals surface area contributed by atoms with Crippen molar-refractivity contribution >= 4 is 11.8 Å². The SMILES string of the molecule is O=C(CCC1CCCN(C(=O)CCCCc2ccccc2)C1)N1CCCC1. The molecule has 2 amide bonds. The van der Waals surface area contributed by atoms with Gasteiger partial charge in [-0.1, -0.05) is 30.3 Å². The van der Waals surface area contributed by atoms with E-state index in [-0.39, 0.29) is 0 Å². The van der Waals surface area contributed by atoms with Crippen molar-refractivity contribution in [2.75, 3.05) is 26.2 Å². The summed E-state index contributed by atoms with van der Waals surface area (Å²) in [5.41, 5.74) is 1.35. The van der Waals surface area contributed by atoms with Crippen molar-refractivity contribution in [3.05, 3.63) is 35.9 Å². The molecule has 0 spiro atoms. The average Bonchev–Trinajstić information content (AvgIpc) is 3.25. The third-order valence-corrected chi connectivity index (χ3v) is 6.05. The lowest BCUT2D eigenvalue weighted by molar-refractivity contribution is -0.133. The molecule has 0 N–H and O–H groups in total. The lowest BCUT2D eigenvalue weighted by atomic mass is 9.92. The zero-order valence-electron chi connectivity index (χ0n) is 16.6. The van der Waals surface area contributed by atoms with Crippen molar-refractivity contribution in [1.29, 1.82) is 0 Å². The van der Waals surface area contributed by atoms with Crippen LogP contribution in [0.25, 0.3) is 0 Å². The Balaban J connectivity index is 1.33. The van der Waals surface area contributed by atoms with Crippen molar-refractivity contribution < 1.29 is 9.59 Å². The maximum atomic E-state index is 12.6. The fraction of sp³-hybridized carbons (Fsp3) is 0.652. The molecule has 0 bridgehead atoms. The molecule has 1 aromatic carbocycles. The van der Waals surface area contributed by atoms with E-state index in [4.69, 9.17) is 0 Å². The summed E-state index contributed by atoms with van der Waals surface area (Å²) in [5.74, 6) is 1.12. The molecule has 2 saturated heterocycles. The molecule has 2 aliphatic rings. The van der Waals surface area contributed by atoms with Gasteiger partial charge in [-0.2, -0.15) is 0 Å². The Morgan fingerprint density at radius 3 is 2.33 bits per heavy atom. The second-order valence-corrected chi connectivity index (χ2v) is 8.17. The Kier molecular flexibility index (Phi) is 7.73. The summed E-state index contributed by atoms with van der Waals surface area (Å²) in [7, 11) is 0. The monoisotopic (exact) mass is 370 g/mol. The smallest absolute Gasteiger partial charge is 0.222 e. The molecule has 0 aromatic heterocycles. The van der Waals surface area contributed by atoms with Gasteiger partial charge in [0.1, 0.15) is 0 Å². The number of benzene rings is 1. The van der Waals surface area contributed by atoms with Gasteiger partial charge in [0, 0.05) is 39.0 Å². The first-order valence-corrected chi connectivity index (χ1v) is 10.8. The van der Waals surface area contributed by atoms with Crippen LogP contribution in [0.1, 0.15) is 63.4 Å². The number of likely N-dealkylation sites (tertiary alicyclic amines) is 2. The van der Waals surface area contributed by atoms with E-state index in [1.165, 1.54) is 5.56 Å². The van der Waals surface area contributed by atoms with Gasteiger partial charge in [-0.25, -0.2) is 0 Å². The minimum absolute atomic E-state index is 0.304. The van der Waals surface area contributed by atoms with E-state index >= 15 is 0 Å². The zero-order chi connectivity index (χ0) is 18.9. The minimum Gasteiger partial charge on any atom is -0.343 e. The van der Waals surface area contributed by atoms with Crippen LogP contribution < -0.4 is 0 Å². The fourth-order valence-corrected chi connectivity index (χ4v) is 4.39. The van der Waals surface area contributed by atoms with Crippen LogP contribution in [-0.4, -0.2) is 47.8 Å². The van der Waals surface area contributed by atoms with Gasteiger partial charge >= 0.3 is 0 Å². The molecule has 2 fully saturated rings. The average molecular weight is 371 g/mol. The normalized spacial score (nSPS) is 20.1. The van der Waals surface area contributed by atoms with Gasteiger partial charge < -0.3 is 9.80 Å². The molecule has 0 aliphatic carbocycles. The molecule has 1 atom stereocenters.